The van der Waals surface area contributed by atoms with Gasteiger partial charge in [0.05, 0.1) is 27.3 Å². The summed E-state index contributed by atoms with van der Waals surface area (Å²) in [5, 5.41) is 8.04. The molecule has 2 N–H and O–H groups in total. The van der Waals surface area contributed by atoms with E-state index in [2.05, 4.69) is 31.8 Å². The molecule has 0 radical (unpaired) electrons. The summed E-state index contributed by atoms with van der Waals surface area (Å²) >= 11 is 21.4. The SMILES string of the molecule is CCOc1cc(/C=N/NC(=O)C(NC(=O)c2ccc(Cl)c(Cl)c2)C(C)C)cc(Br)c1OCc1ccc(Cl)cc1. The van der Waals surface area contributed by atoms with Crippen LogP contribution < -0.4 is 20.2 Å². The van der Waals surface area contributed by atoms with E-state index in [1.807, 2.05) is 32.9 Å². The predicted octanol–water partition coefficient (Wildman–Crippen LogP) is 7.29. The van der Waals surface area contributed by atoms with Gasteiger partial charge in [-0.25, -0.2) is 5.43 Å². The summed E-state index contributed by atoms with van der Waals surface area (Å²) < 4.78 is 12.4. The quantitative estimate of drug-likeness (QED) is 0.168. The topological polar surface area (TPSA) is 89.0 Å². The third kappa shape index (κ3) is 8.86. The van der Waals surface area contributed by atoms with E-state index in [9.17, 15) is 9.59 Å². The largest absolute Gasteiger partial charge is 0.490 e. The van der Waals surface area contributed by atoms with Crippen molar-refractivity contribution >= 4 is 68.8 Å². The monoisotopic (exact) mass is 653 g/mol. The third-order valence-corrected chi connectivity index (χ3v) is 7.01. The molecule has 1 unspecified atom stereocenters. The average Bonchev–Trinajstić information content (AvgIpc) is 2.89. The van der Waals surface area contributed by atoms with Crippen LogP contribution in [0.25, 0.3) is 0 Å². The van der Waals surface area contributed by atoms with E-state index in [-0.39, 0.29) is 16.5 Å². The van der Waals surface area contributed by atoms with Crippen molar-refractivity contribution in [1.29, 1.82) is 0 Å². The summed E-state index contributed by atoms with van der Waals surface area (Å²) in [5.74, 6) is -0.0734. The van der Waals surface area contributed by atoms with Crippen LogP contribution in [-0.2, 0) is 11.4 Å². The number of halogens is 4. The highest BCUT2D eigenvalue weighted by Crippen LogP contribution is 2.37. The maximum Gasteiger partial charge on any atom is 0.262 e. The number of amides is 2. The number of rotatable bonds is 11. The molecular weight excluding hydrogens is 629 g/mol. The molecule has 11 heteroatoms. The molecule has 0 aromatic heterocycles. The van der Waals surface area contributed by atoms with Gasteiger partial charge in [0.25, 0.3) is 11.8 Å². The number of ether oxygens (including phenoxy) is 2. The van der Waals surface area contributed by atoms with Crippen LogP contribution in [-0.4, -0.2) is 30.7 Å². The maximum atomic E-state index is 12.8. The molecule has 206 valence electrons. The molecule has 39 heavy (non-hydrogen) atoms. The highest BCUT2D eigenvalue weighted by atomic mass is 79.9. The molecule has 3 aromatic rings. The van der Waals surface area contributed by atoms with Crippen molar-refractivity contribution in [3.05, 3.63) is 90.8 Å². The average molecular weight is 656 g/mol. The minimum absolute atomic E-state index is 0.206. The van der Waals surface area contributed by atoms with Gasteiger partial charge in [-0.15, -0.1) is 0 Å². The Kier molecular flexibility index (Phi) is 11.5. The molecule has 0 saturated carbocycles. The molecule has 0 saturated heterocycles. The van der Waals surface area contributed by atoms with Gasteiger partial charge < -0.3 is 14.8 Å². The summed E-state index contributed by atoms with van der Waals surface area (Å²) in [6.07, 6.45) is 1.48. The zero-order valence-electron chi connectivity index (χ0n) is 21.4. The molecule has 1 atom stereocenters. The van der Waals surface area contributed by atoms with E-state index in [0.29, 0.717) is 44.8 Å². The van der Waals surface area contributed by atoms with Gasteiger partial charge in [-0.2, -0.15) is 5.10 Å². The van der Waals surface area contributed by atoms with Gasteiger partial charge in [0, 0.05) is 10.6 Å². The van der Waals surface area contributed by atoms with E-state index >= 15 is 0 Å². The van der Waals surface area contributed by atoms with Gasteiger partial charge >= 0.3 is 0 Å². The van der Waals surface area contributed by atoms with Crippen molar-refractivity contribution in [2.75, 3.05) is 6.61 Å². The van der Waals surface area contributed by atoms with Crippen LogP contribution in [0.2, 0.25) is 15.1 Å². The Morgan fingerprint density at radius 3 is 2.36 bits per heavy atom. The first-order valence-corrected chi connectivity index (χ1v) is 13.9. The van der Waals surface area contributed by atoms with Crippen molar-refractivity contribution in [3.8, 4) is 11.5 Å². The molecule has 3 aromatic carbocycles. The Hall–Kier alpha value is -2.78. The van der Waals surface area contributed by atoms with Crippen LogP contribution in [0.5, 0.6) is 11.5 Å². The second kappa shape index (κ2) is 14.6. The molecule has 0 heterocycles. The zero-order chi connectivity index (χ0) is 28.5. The fraction of sp³-hybridized carbons (Fsp3) is 0.250. The van der Waals surface area contributed by atoms with Crippen LogP contribution in [0.1, 0.15) is 42.3 Å². The first-order valence-electron chi connectivity index (χ1n) is 12.0. The standard InChI is InChI=1S/C28H27BrCl3N3O4/c1-4-38-24-12-18(11-21(29)26(24)39-15-17-5-8-20(30)9-6-17)14-33-35-28(37)25(16(2)3)34-27(36)19-7-10-22(31)23(32)13-19/h5-14,16,25H,4,15H2,1-3H3,(H,34,36)(H,35,37)/b33-14+. The van der Waals surface area contributed by atoms with Crippen molar-refractivity contribution < 1.29 is 19.1 Å². The van der Waals surface area contributed by atoms with E-state index in [0.717, 1.165) is 5.56 Å². The molecule has 2 amide bonds. The van der Waals surface area contributed by atoms with Crippen molar-refractivity contribution in [1.82, 2.24) is 10.7 Å². The zero-order valence-corrected chi connectivity index (χ0v) is 25.3. The van der Waals surface area contributed by atoms with Crippen LogP contribution in [0, 0.1) is 5.92 Å². The van der Waals surface area contributed by atoms with Crippen LogP contribution in [0.4, 0.5) is 0 Å². The molecule has 0 spiro atoms. The van der Waals surface area contributed by atoms with Gasteiger partial charge in [-0.1, -0.05) is 60.8 Å². The van der Waals surface area contributed by atoms with Gasteiger partial charge in [-0.05, 0) is 82.4 Å². The molecular formula is C28H27BrCl3N3O4. The predicted molar refractivity (Wildman–Crippen MR) is 159 cm³/mol. The number of benzene rings is 3. The molecule has 0 aliphatic rings. The Morgan fingerprint density at radius 2 is 1.72 bits per heavy atom. The second-order valence-corrected chi connectivity index (χ2v) is 10.8. The number of hydrogen-bond donors (Lipinski definition) is 2. The summed E-state index contributed by atoms with van der Waals surface area (Å²) in [5.41, 5.74) is 4.40. The Bertz CT molecular complexity index is 1350. The number of hydrogen-bond acceptors (Lipinski definition) is 5. The lowest BCUT2D eigenvalue weighted by atomic mass is 10.0. The Labute approximate surface area is 250 Å². The first kappa shape index (κ1) is 30.8. The van der Waals surface area contributed by atoms with Gasteiger partial charge in [0.1, 0.15) is 12.6 Å². The van der Waals surface area contributed by atoms with E-state index in [4.69, 9.17) is 44.3 Å². The van der Waals surface area contributed by atoms with Gasteiger partial charge in [0.2, 0.25) is 0 Å². The Morgan fingerprint density at radius 1 is 1.00 bits per heavy atom. The lowest BCUT2D eigenvalue weighted by Crippen LogP contribution is -2.48. The number of carbonyl (C=O) groups excluding carboxylic acids is 2. The van der Waals surface area contributed by atoms with Crippen LogP contribution in [0.15, 0.2) is 64.2 Å². The van der Waals surface area contributed by atoms with Crippen molar-refractivity contribution in [3.63, 3.8) is 0 Å². The molecule has 3 rings (SSSR count). The summed E-state index contributed by atoms with van der Waals surface area (Å²) in [4.78, 5) is 25.5. The number of hydrazone groups is 1. The lowest BCUT2D eigenvalue weighted by Gasteiger charge is -2.20. The van der Waals surface area contributed by atoms with Crippen LogP contribution in [0.3, 0.4) is 0 Å². The summed E-state index contributed by atoms with van der Waals surface area (Å²) in [6, 6.07) is 14.6. The minimum Gasteiger partial charge on any atom is -0.490 e. The second-order valence-electron chi connectivity index (χ2n) is 8.74. The molecule has 0 fully saturated rings. The van der Waals surface area contributed by atoms with Gasteiger partial charge in [-0.3, -0.25) is 9.59 Å². The molecule has 0 aliphatic carbocycles. The summed E-state index contributed by atoms with van der Waals surface area (Å²) in [7, 11) is 0. The number of nitrogens with one attached hydrogen (secondary N) is 2. The summed E-state index contributed by atoms with van der Waals surface area (Å²) in [6.45, 7) is 6.25. The Balaban J connectivity index is 1.68. The number of nitrogens with zero attached hydrogens (tertiary/aromatic N) is 1. The third-order valence-electron chi connectivity index (χ3n) is 5.43. The van der Waals surface area contributed by atoms with E-state index < -0.39 is 17.9 Å². The number of carbonyl (C=O) groups is 2. The van der Waals surface area contributed by atoms with Crippen molar-refractivity contribution in [2.24, 2.45) is 11.0 Å². The first-order chi connectivity index (χ1) is 18.6. The van der Waals surface area contributed by atoms with Crippen molar-refractivity contribution in [2.45, 2.75) is 33.4 Å². The fourth-order valence-electron chi connectivity index (χ4n) is 3.44. The molecule has 0 bridgehead atoms. The molecule has 0 aliphatic heterocycles. The fourth-order valence-corrected chi connectivity index (χ4v) is 4.44. The van der Waals surface area contributed by atoms with Crippen LogP contribution >= 0.6 is 50.7 Å². The lowest BCUT2D eigenvalue weighted by molar-refractivity contribution is -0.123. The van der Waals surface area contributed by atoms with E-state index in [1.54, 1.807) is 24.3 Å². The normalized spacial score (nSPS) is 11.9. The molecule has 7 nitrogen and oxygen atoms in total. The van der Waals surface area contributed by atoms with E-state index in [1.165, 1.54) is 24.4 Å². The smallest absolute Gasteiger partial charge is 0.262 e. The highest BCUT2D eigenvalue weighted by Gasteiger charge is 2.25. The minimum atomic E-state index is -0.835. The highest BCUT2D eigenvalue weighted by molar-refractivity contribution is 9.10. The van der Waals surface area contributed by atoms with Gasteiger partial charge in [0.15, 0.2) is 11.5 Å². The maximum absolute atomic E-state index is 12.8.